The molecule has 0 aromatic carbocycles. The fraction of sp³-hybridized carbons (Fsp3) is 0.700. The number of amides is 3. The number of hydroxylamine groups is 2. The highest BCUT2D eigenvalue weighted by molar-refractivity contribution is 5.83. The molecule has 2 fully saturated rings. The number of hydrogen-bond donors (Lipinski definition) is 2. The Balaban J connectivity index is 1.58. The summed E-state index contributed by atoms with van der Waals surface area (Å²) in [5, 5.41) is 6.36. The van der Waals surface area contributed by atoms with Crippen LogP contribution in [0.1, 0.15) is 52.4 Å². The van der Waals surface area contributed by atoms with Crippen molar-refractivity contribution in [3.63, 3.8) is 0 Å². The third kappa shape index (κ3) is 7.16. The summed E-state index contributed by atoms with van der Waals surface area (Å²) in [5.74, 6) is -0.693. The number of rotatable bonds is 10. The number of nitrogens with zero attached hydrogens (tertiary/aromatic N) is 2. The molecule has 2 N–H and O–H groups in total. The molecule has 2 rings (SSSR count). The number of carbonyl (C=O) groups excluding carboxylic acids is 4. The molecule has 0 radical (unpaired) electrons. The van der Waals surface area contributed by atoms with E-state index < -0.39 is 5.97 Å². The summed E-state index contributed by atoms with van der Waals surface area (Å²) in [6, 6.07) is -0.113. The zero-order valence-corrected chi connectivity index (χ0v) is 17.4. The summed E-state index contributed by atoms with van der Waals surface area (Å²) in [5.41, 5.74) is 0.456. The van der Waals surface area contributed by atoms with Crippen molar-refractivity contribution in [2.24, 2.45) is 5.92 Å². The highest BCUT2D eigenvalue weighted by atomic mass is 16.7. The first kappa shape index (κ1) is 22.9. The van der Waals surface area contributed by atoms with Crippen molar-refractivity contribution in [3.05, 3.63) is 12.3 Å². The minimum atomic E-state index is -0.610. The molecule has 2 heterocycles. The summed E-state index contributed by atoms with van der Waals surface area (Å²) in [7, 11) is 0. The van der Waals surface area contributed by atoms with Crippen molar-refractivity contribution in [2.75, 3.05) is 26.2 Å². The molecule has 2 saturated heterocycles. The molecule has 2 aliphatic rings. The van der Waals surface area contributed by atoms with Crippen LogP contribution in [0, 0.1) is 5.92 Å². The van der Waals surface area contributed by atoms with Crippen molar-refractivity contribution >= 4 is 23.7 Å². The molecule has 3 amide bonds. The zero-order chi connectivity index (χ0) is 21.4. The van der Waals surface area contributed by atoms with E-state index in [0.29, 0.717) is 18.0 Å². The molecule has 9 nitrogen and oxygen atoms in total. The Hall–Kier alpha value is -2.42. The fourth-order valence-corrected chi connectivity index (χ4v) is 3.51. The van der Waals surface area contributed by atoms with Gasteiger partial charge in [-0.1, -0.05) is 20.4 Å². The van der Waals surface area contributed by atoms with Crippen molar-refractivity contribution in [2.45, 2.75) is 58.4 Å². The standard InChI is InChI=1S/C20H32N4O5/c1-14(2)13-23-12-4-5-16(23)20(28)22-10-8-17(25)21-11-9-19(27)29-24-15(3)6-7-18(24)26/h14,16H,3-13H2,1-2H3,(H,21,25)(H,22,28)/i1+1,2+1,4+1,5+1,12+1,13+1,14+1,16+1,23+1. The number of likely N-dealkylation sites (tertiary alicyclic amines) is 1. The van der Waals surface area contributed by atoms with Crippen LogP contribution in [0.5, 0.6) is 0 Å². The molecule has 0 spiro atoms. The maximum Gasteiger partial charge on any atom is 0.334 e. The molecular weight excluding hydrogens is 385 g/mol. The number of nitrogens with one attached hydrogen (secondary N) is 2. The third-order valence-electron chi connectivity index (χ3n) is 4.90. The first-order valence-electron chi connectivity index (χ1n) is 10.3. The second-order valence-electron chi connectivity index (χ2n) is 7.91. The van der Waals surface area contributed by atoms with E-state index in [1.807, 2.05) is 0 Å². The number of hydrogen-bond acceptors (Lipinski definition) is 6. The lowest BCUT2D eigenvalue weighted by Gasteiger charge is -2.25. The van der Waals surface area contributed by atoms with Crippen LogP contribution in [-0.4, -0.2) is 65.9 Å². The third-order valence-corrected chi connectivity index (χ3v) is 4.90. The molecule has 2 aliphatic heterocycles. The van der Waals surface area contributed by atoms with Gasteiger partial charge in [0.05, 0.1) is 18.2 Å². The predicted octanol–water partition coefficient (Wildman–Crippen LogP) is 0.714. The lowest BCUT2D eigenvalue weighted by atomic mass is 10.3. The van der Waals surface area contributed by atoms with E-state index in [-0.39, 0.29) is 56.1 Å². The van der Waals surface area contributed by atoms with E-state index in [1.165, 1.54) is 0 Å². The van der Waals surface area contributed by atoms with Gasteiger partial charge in [-0.05, 0) is 31.7 Å². The quantitative estimate of drug-likeness (QED) is 0.401. The second kappa shape index (κ2) is 10.9. The van der Waals surface area contributed by atoms with Gasteiger partial charge in [0.2, 0.25) is 11.8 Å². The van der Waals surface area contributed by atoms with E-state index in [0.717, 1.165) is 31.0 Å². The van der Waals surface area contributed by atoms with Crippen LogP contribution >= 0.6 is 0 Å². The van der Waals surface area contributed by atoms with Gasteiger partial charge in [0.15, 0.2) is 0 Å². The molecule has 1 unspecified atom stereocenters. The van der Waals surface area contributed by atoms with Gasteiger partial charge in [-0.3, -0.25) is 19.3 Å². The van der Waals surface area contributed by atoms with Crippen LogP contribution in [0.3, 0.4) is 0 Å². The van der Waals surface area contributed by atoms with Crippen LogP contribution in [0.4, 0.5) is 0 Å². The van der Waals surface area contributed by atoms with Crippen molar-refractivity contribution < 1.29 is 24.0 Å². The monoisotopic (exact) mass is 417 g/mol. The van der Waals surface area contributed by atoms with Gasteiger partial charge < -0.3 is 15.5 Å². The maximum atomic E-state index is 12.4. The molecular formula is C20H32N4O5. The predicted molar refractivity (Wildman–Crippen MR) is 106 cm³/mol. The van der Waals surface area contributed by atoms with E-state index in [1.54, 1.807) is 0 Å². The topological polar surface area (TPSA) is 108 Å². The molecule has 29 heavy (non-hydrogen) atoms. The molecule has 1 atom stereocenters. The SMILES string of the molecule is C=C1CCC(=O)N1OC(=O)CCNC(=O)CCNC(=O)[13CH]1[13CH2][13CH2][13CH2][15N]1[13CH2][13CH]([13CH3])[13CH3]. The smallest absolute Gasteiger partial charge is 0.334 e. The summed E-state index contributed by atoms with van der Waals surface area (Å²) in [6.07, 6.45) is 2.70. The largest absolute Gasteiger partial charge is 0.355 e. The van der Waals surface area contributed by atoms with Crippen molar-refractivity contribution in [1.82, 2.24) is 20.6 Å². The number of allylic oxidation sites excluding steroid dienone is 1. The van der Waals surface area contributed by atoms with Crippen molar-refractivity contribution in [1.29, 1.82) is 0 Å². The Kier molecular flexibility index (Phi) is 8.63. The van der Waals surface area contributed by atoms with Gasteiger partial charge in [0.25, 0.3) is 5.91 Å². The Morgan fingerprint density at radius 3 is 2.55 bits per heavy atom. The van der Waals surface area contributed by atoms with Gasteiger partial charge in [-0.15, -0.1) is 5.06 Å². The molecule has 0 saturated carbocycles. The van der Waals surface area contributed by atoms with Crippen LogP contribution in [0.25, 0.3) is 0 Å². The summed E-state index contributed by atoms with van der Waals surface area (Å²) in [4.78, 5) is 54.7. The van der Waals surface area contributed by atoms with Crippen LogP contribution in [-0.2, 0) is 24.0 Å². The average Bonchev–Trinajstić information content (AvgIpc) is 3.22. The van der Waals surface area contributed by atoms with E-state index >= 15 is 0 Å². The molecule has 0 aliphatic carbocycles. The molecule has 9 heteroatoms. The van der Waals surface area contributed by atoms with Gasteiger partial charge in [-0.2, -0.15) is 0 Å². The highest BCUT2D eigenvalue weighted by Gasteiger charge is 2.30. The first-order chi connectivity index (χ1) is 13.8. The lowest BCUT2D eigenvalue weighted by molar-refractivity contribution is -0.186. The molecule has 162 valence electrons. The van der Waals surface area contributed by atoms with Crippen LogP contribution in [0.15, 0.2) is 12.3 Å². The highest BCUT2D eigenvalue weighted by Crippen LogP contribution is 2.21. The lowest BCUT2D eigenvalue weighted by Crippen LogP contribution is -2.45. The molecule has 0 bridgehead atoms. The average molecular weight is 417 g/mol. The zero-order valence-electron chi connectivity index (χ0n) is 17.4. The number of carbonyl (C=O) groups is 4. The van der Waals surface area contributed by atoms with E-state index in [9.17, 15) is 19.2 Å². The Morgan fingerprint density at radius 1 is 1.17 bits per heavy atom. The summed E-state index contributed by atoms with van der Waals surface area (Å²) >= 11 is 0. The molecule has 0 aromatic rings. The minimum absolute atomic E-state index is 0.0324. The summed E-state index contributed by atoms with van der Waals surface area (Å²) in [6.45, 7) is 10.1. The van der Waals surface area contributed by atoms with Crippen LogP contribution in [0.2, 0.25) is 0 Å². The summed E-state index contributed by atoms with van der Waals surface area (Å²) < 4.78 is 0. The van der Waals surface area contributed by atoms with Gasteiger partial charge in [0, 0.05) is 32.5 Å². The van der Waals surface area contributed by atoms with Crippen LogP contribution < -0.4 is 10.6 Å². The van der Waals surface area contributed by atoms with Gasteiger partial charge in [0.1, 0.15) is 0 Å². The maximum absolute atomic E-state index is 12.4. The Morgan fingerprint density at radius 2 is 1.90 bits per heavy atom. The van der Waals surface area contributed by atoms with Gasteiger partial charge in [-0.25, -0.2) is 4.79 Å². The fourth-order valence-electron chi connectivity index (χ4n) is 3.51. The second-order valence-corrected chi connectivity index (χ2v) is 7.91. The normalized spacial score (nSPS) is 19.7. The Bertz CT molecular complexity index is 633. The first-order valence-corrected chi connectivity index (χ1v) is 10.3. The van der Waals surface area contributed by atoms with E-state index in [2.05, 4.69) is 36.0 Å². The molecule has 0 aromatic heterocycles. The van der Waals surface area contributed by atoms with Crippen molar-refractivity contribution in [3.8, 4) is 0 Å². The van der Waals surface area contributed by atoms with E-state index in [4.69, 9.17) is 4.84 Å². The minimum Gasteiger partial charge on any atom is -0.355 e. The van der Waals surface area contributed by atoms with Gasteiger partial charge >= 0.3 is 5.97 Å². The Labute approximate surface area is 171 Å².